The number of halogens is 1. The fourth-order valence-corrected chi connectivity index (χ4v) is 2.32. The highest BCUT2D eigenvalue weighted by Crippen LogP contribution is 2.20. The van der Waals surface area contributed by atoms with Crippen molar-refractivity contribution in [2.24, 2.45) is 0 Å². The highest BCUT2D eigenvalue weighted by molar-refractivity contribution is 6.31. The van der Waals surface area contributed by atoms with Crippen LogP contribution in [0.15, 0.2) is 65.2 Å². The lowest BCUT2D eigenvalue weighted by Gasteiger charge is -2.04. The van der Waals surface area contributed by atoms with Gasteiger partial charge in [0.1, 0.15) is 12.3 Å². The van der Waals surface area contributed by atoms with Crippen molar-refractivity contribution in [1.82, 2.24) is 5.16 Å². The molecule has 3 rings (SSSR count). The lowest BCUT2D eigenvalue weighted by Crippen LogP contribution is -2.08. The summed E-state index contributed by atoms with van der Waals surface area (Å²) in [5.41, 5.74) is 2.23. The van der Waals surface area contributed by atoms with Crippen molar-refractivity contribution in [1.29, 1.82) is 0 Å². The Morgan fingerprint density at radius 2 is 1.83 bits per heavy atom. The smallest absolute Gasteiger partial charge is 0.310 e. The van der Waals surface area contributed by atoms with Gasteiger partial charge < -0.3 is 9.26 Å². The number of nitrogens with zero attached hydrogens (tertiary/aromatic N) is 1. The summed E-state index contributed by atoms with van der Waals surface area (Å²) in [5.74, 6) is 0.283. The SMILES string of the molecule is O=C(Cc1ccccc1Cl)OCc1cc(-c2ccccc2)on1. The van der Waals surface area contributed by atoms with Crippen LogP contribution in [0.2, 0.25) is 5.02 Å². The van der Waals surface area contributed by atoms with Crippen molar-refractivity contribution in [3.8, 4) is 11.3 Å². The monoisotopic (exact) mass is 327 g/mol. The minimum Gasteiger partial charge on any atom is -0.459 e. The minimum atomic E-state index is -0.359. The molecule has 1 heterocycles. The van der Waals surface area contributed by atoms with E-state index in [0.29, 0.717) is 16.5 Å². The lowest BCUT2D eigenvalue weighted by molar-refractivity contribution is -0.144. The van der Waals surface area contributed by atoms with Crippen LogP contribution in [0, 0.1) is 0 Å². The lowest BCUT2D eigenvalue weighted by atomic mass is 10.1. The number of carbonyl (C=O) groups excluding carboxylic acids is 1. The van der Waals surface area contributed by atoms with Gasteiger partial charge in [0.15, 0.2) is 5.76 Å². The zero-order chi connectivity index (χ0) is 16.1. The number of hydrogen-bond donors (Lipinski definition) is 0. The molecule has 0 fully saturated rings. The Kier molecular flexibility index (Phi) is 4.74. The number of esters is 1. The van der Waals surface area contributed by atoms with Gasteiger partial charge in [-0.3, -0.25) is 4.79 Å². The molecule has 0 saturated heterocycles. The van der Waals surface area contributed by atoms with Crippen molar-refractivity contribution < 1.29 is 14.1 Å². The highest BCUT2D eigenvalue weighted by atomic mass is 35.5. The predicted octanol–water partition coefficient (Wildman–Crippen LogP) is 4.28. The third kappa shape index (κ3) is 3.99. The molecule has 0 atom stereocenters. The molecule has 0 aliphatic rings. The van der Waals surface area contributed by atoms with Crippen LogP contribution in [0.4, 0.5) is 0 Å². The molecule has 5 heteroatoms. The van der Waals surface area contributed by atoms with Crippen LogP contribution in [0.1, 0.15) is 11.3 Å². The average molecular weight is 328 g/mol. The number of aromatic nitrogens is 1. The molecule has 0 amide bonds. The first-order valence-corrected chi connectivity index (χ1v) is 7.50. The van der Waals surface area contributed by atoms with Crippen LogP contribution in [0.5, 0.6) is 0 Å². The second-order valence-electron chi connectivity index (χ2n) is 4.98. The maximum Gasteiger partial charge on any atom is 0.310 e. The van der Waals surface area contributed by atoms with Crippen molar-refractivity contribution >= 4 is 17.6 Å². The third-order valence-corrected chi connectivity index (χ3v) is 3.66. The molecule has 0 bridgehead atoms. The summed E-state index contributed by atoms with van der Waals surface area (Å²) in [6.07, 6.45) is 0.128. The van der Waals surface area contributed by atoms with Crippen molar-refractivity contribution in [3.05, 3.63) is 76.9 Å². The summed E-state index contributed by atoms with van der Waals surface area (Å²) in [6, 6.07) is 18.6. The van der Waals surface area contributed by atoms with Gasteiger partial charge in [0.25, 0.3) is 0 Å². The number of carbonyl (C=O) groups is 1. The molecule has 2 aromatic carbocycles. The van der Waals surface area contributed by atoms with E-state index in [1.54, 1.807) is 18.2 Å². The van der Waals surface area contributed by atoms with Gasteiger partial charge in [-0.2, -0.15) is 0 Å². The predicted molar refractivity (Wildman–Crippen MR) is 86.9 cm³/mol. The van der Waals surface area contributed by atoms with Gasteiger partial charge in [0.05, 0.1) is 6.42 Å². The molecule has 3 aromatic rings. The molecular formula is C18H14ClNO3. The van der Waals surface area contributed by atoms with Crippen molar-refractivity contribution in [2.75, 3.05) is 0 Å². The first-order valence-electron chi connectivity index (χ1n) is 7.12. The fraction of sp³-hybridized carbons (Fsp3) is 0.111. The van der Waals surface area contributed by atoms with Gasteiger partial charge in [-0.05, 0) is 11.6 Å². The second kappa shape index (κ2) is 7.11. The van der Waals surface area contributed by atoms with Crippen molar-refractivity contribution in [3.63, 3.8) is 0 Å². The number of rotatable bonds is 5. The summed E-state index contributed by atoms with van der Waals surface area (Å²) in [4.78, 5) is 11.9. The van der Waals surface area contributed by atoms with E-state index in [-0.39, 0.29) is 19.0 Å². The Labute approximate surface area is 138 Å². The zero-order valence-corrected chi connectivity index (χ0v) is 13.0. The van der Waals surface area contributed by atoms with Gasteiger partial charge in [-0.1, -0.05) is 65.3 Å². The number of benzene rings is 2. The minimum absolute atomic E-state index is 0.0691. The molecule has 0 radical (unpaired) electrons. The summed E-state index contributed by atoms with van der Waals surface area (Å²) >= 11 is 6.02. The van der Waals surface area contributed by atoms with E-state index < -0.39 is 0 Å². The molecule has 1 aromatic heterocycles. The summed E-state index contributed by atoms with van der Waals surface area (Å²) < 4.78 is 10.5. The van der Waals surface area contributed by atoms with Crippen LogP contribution < -0.4 is 0 Å². The zero-order valence-electron chi connectivity index (χ0n) is 12.2. The first kappa shape index (κ1) is 15.3. The van der Waals surface area contributed by atoms with Gasteiger partial charge in [0, 0.05) is 16.7 Å². The molecule has 0 spiro atoms. The normalized spacial score (nSPS) is 10.5. The molecule has 0 unspecified atom stereocenters. The maximum atomic E-state index is 11.9. The molecule has 0 saturated carbocycles. The Bertz CT molecular complexity index is 799. The van der Waals surface area contributed by atoms with Crippen LogP contribution in [-0.4, -0.2) is 11.1 Å². The van der Waals surface area contributed by atoms with Gasteiger partial charge in [-0.15, -0.1) is 0 Å². The molecule has 4 nitrogen and oxygen atoms in total. The van der Waals surface area contributed by atoms with E-state index in [2.05, 4.69) is 5.16 Å². The van der Waals surface area contributed by atoms with E-state index >= 15 is 0 Å². The molecule has 0 aliphatic carbocycles. The molecule has 0 aliphatic heterocycles. The fourth-order valence-electron chi connectivity index (χ4n) is 2.12. The van der Waals surface area contributed by atoms with Crippen LogP contribution in [-0.2, 0) is 22.6 Å². The van der Waals surface area contributed by atoms with E-state index in [4.69, 9.17) is 20.9 Å². The standard InChI is InChI=1S/C18H14ClNO3/c19-16-9-5-4-8-14(16)10-18(21)22-12-15-11-17(23-20-15)13-6-2-1-3-7-13/h1-9,11H,10,12H2. The molecular weight excluding hydrogens is 314 g/mol. The topological polar surface area (TPSA) is 52.3 Å². The van der Waals surface area contributed by atoms with E-state index in [0.717, 1.165) is 11.1 Å². The van der Waals surface area contributed by atoms with E-state index in [1.165, 1.54) is 0 Å². The largest absolute Gasteiger partial charge is 0.459 e. The van der Waals surface area contributed by atoms with Crippen LogP contribution in [0.25, 0.3) is 11.3 Å². The summed E-state index contributed by atoms with van der Waals surface area (Å²) in [6.45, 7) is 0.0691. The number of ether oxygens (including phenoxy) is 1. The average Bonchev–Trinajstić information content (AvgIpc) is 3.05. The highest BCUT2D eigenvalue weighted by Gasteiger charge is 2.11. The summed E-state index contributed by atoms with van der Waals surface area (Å²) in [5, 5.41) is 4.46. The van der Waals surface area contributed by atoms with Gasteiger partial charge in [0.2, 0.25) is 0 Å². The van der Waals surface area contributed by atoms with E-state index in [9.17, 15) is 4.79 Å². The Hall–Kier alpha value is -2.59. The molecule has 23 heavy (non-hydrogen) atoms. The Balaban J connectivity index is 1.58. The van der Waals surface area contributed by atoms with E-state index in [1.807, 2.05) is 42.5 Å². The first-order chi connectivity index (χ1) is 11.2. The van der Waals surface area contributed by atoms with Crippen LogP contribution in [0.3, 0.4) is 0 Å². The van der Waals surface area contributed by atoms with Gasteiger partial charge >= 0.3 is 5.97 Å². The second-order valence-corrected chi connectivity index (χ2v) is 5.38. The molecule has 0 N–H and O–H groups in total. The van der Waals surface area contributed by atoms with Crippen LogP contribution >= 0.6 is 11.6 Å². The Morgan fingerprint density at radius 1 is 1.09 bits per heavy atom. The Morgan fingerprint density at radius 3 is 2.61 bits per heavy atom. The molecule has 116 valence electrons. The quantitative estimate of drug-likeness (QED) is 0.656. The van der Waals surface area contributed by atoms with Crippen molar-refractivity contribution in [2.45, 2.75) is 13.0 Å². The number of hydrogen-bond acceptors (Lipinski definition) is 4. The third-order valence-electron chi connectivity index (χ3n) is 3.29. The summed E-state index contributed by atoms with van der Waals surface area (Å²) in [7, 11) is 0. The maximum absolute atomic E-state index is 11.9. The van der Waals surface area contributed by atoms with Gasteiger partial charge in [-0.25, -0.2) is 0 Å².